The highest BCUT2D eigenvalue weighted by Gasteiger charge is 2.09. The molecule has 0 saturated carbocycles. The highest BCUT2D eigenvalue weighted by molar-refractivity contribution is 5.80. The van der Waals surface area contributed by atoms with E-state index in [4.69, 9.17) is 5.73 Å². The van der Waals surface area contributed by atoms with Gasteiger partial charge in [-0.1, -0.05) is 18.2 Å². The SMILES string of the molecule is NCc1cccc(-c2cn[nH]c2-c2cccnc2)c1. The van der Waals surface area contributed by atoms with Gasteiger partial charge >= 0.3 is 0 Å². The van der Waals surface area contributed by atoms with Gasteiger partial charge in [-0.2, -0.15) is 5.10 Å². The van der Waals surface area contributed by atoms with Crippen molar-refractivity contribution >= 4 is 0 Å². The molecule has 0 unspecified atom stereocenters. The zero-order chi connectivity index (χ0) is 13.1. The number of benzene rings is 1. The lowest BCUT2D eigenvalue weighted by molar-refractivity contribution is 1.07. The van der Waals surface area contributed by atoms with Gasteiger partial charge in [0.05, 0.1) is 11.9 Å². The van der Waals surface area contributed by atoms with E-state index in [2.05, 4.69) is 27.3 Å². The molecular weight excluding hydrogens is 236 g/mol. The number of aromatic nitrogens is 3. The molecule has 3 aromatic rings. The van der Waals surface area contributed by atoms with Crippen molar-refractivity contribution < 1.29 is 0 Å². The molecule has 0 aliphatic rings. The van der Waals surface area contributed by atoms with E-state index in [1.54, 1.807) is 6.20 Å². The van der Waals surface area contributed by atoms with Crippen LogP contribution in [0.15, 0.2) is 55.0 Å². The molecule has 94 valence electrons. The van der Waals surface area contributed by atoms with Crippen LogP contribution < -0.4 is 5.73 Å². The largest absolute Gasteiger partial charge is 0.326 e. The molecule has 0 atom stereocenters. The van der Waals surface area contributed by atoms with E-state index in [9.17, 15) is 0 Å². The van der Waals surface area contributed by atoms with Crippen molar-refractivity contribution in [2.24, 2.45) is 5.73 Å². The second-order valence-electron chi connectivity index (χ2n) is 4.30. The maximum Gasteiger partial charge on any atom is 0.0744 e. The van der Waals surface area contributed by atoms with Gasteiger partial charge in [-0.25, -0.2) is 0 Å². The van der Waals surface area contributed by atoms with Gasteiger partial charge < -0.3 is 5.73 Å². The maximum absolute atomic E-state index is 5.69. The number of pyridine rings is 1. The Kier molecular flexibility index (Phi) is 3.08. The molecule has 3 rings (SSSR count). The molecule has 3 N–H and O–H groups in total. The van der Waals surface area contributed by atoms with Crippen LogP contribution in [0.3, 0.4) is 0 Å². The normalized spacial score (nSPS) is 10.6. The van der Waals surface area contributed by atoms with Gasteiger partial charge in [0, 0.05) is 30.1 Å². The Bertz CT molecular complexity index is 673. The molecule has 0 amide bonds. The number of nitrogens with one attached hydrogen (secondary N) is 1. The van der Waals surface area contributed by atoms with Crippen molar-refractivity contribution in [3.8, 4) is 22.4 Å². The van der Waals surface area contributed by atoms with Crippen molar-refractivity contribution in [3.05, 3.63) is 60.6 Å². The average Bonchev–Trinajstić information content (AvgIpc) is 2.98. The highest BCUT2D eigenvalue weighted by atomic mass is 15.1. The van der Waals surface area contributed by atoms with E-state index >= 15 is 0 Å². The van der Waals surface area contributed by atoms with Crippen molar-refractivity contribution in [3.63, 3.8) is 0 Å². The second kappa shape index (κ2) is 5.04. The first-order valence-corrected chi connectivity index (χ1v) is 6.11. The number of nitrogens with zero attached hydrogens (tertiary/aromatic N) is 2. The second-order valence-corrected chi connectivity index (χ2v) is 4.30. The summed E-state index contributed by atoms with van der Waals surface area (Å²) in [5, 5.41) is 7.18. The molecular formula is C15H14N4. The average molecular weight is 250 g/mol. The Morgan fingerprint density at radius 2 is 1.95 bits per heavy atom. The van der Waals surface area contributed by atoms with Gasteiger partial charge in [-0.05, 0) is 29.3 Å². The molecule has 1 aromatic carbocycles. The number of rotatable bonds is 3. The Balaban J connectivity index is 2.09. The number of nitrogens with two attached hydrogens (primary N) is 1. The molecule has 0 spiro atoms. The van der Waals surface area contributed by atoms with Crippen LogP contribution in [-0.2, 0) is 6.54 Å². The van der Waals surface area contributed by atoms with E-state index in [1.807, 2.05) is 36.7 Å². The molecule has 0 aliphatic heterocycles. The van der Waals surface area contributed by atoms with Crippen LogP contribution in [0.2, 0.25) is 0 Å². The number of aromatic amines is 1. The summed E-state index contributed by atoms with van der Waals surface area (Å²) in [5.41, 5.74) is 11.0. The molecule has 0 aliphatic carbocycles. The van der Waals surface area contributed by atoms with Crippen molar-refractivity contribution in [2.45, 2.75) is 6.54 Å². The molecule has 19 heavy (non-hydrogen) atoms. The van der Waals surface area contributed by atoms with Crippen LogP contribution in [0.1, 0.15) is 5.56 Å². The summed E-state index contributed by atoms with van der Waals surface area (Å²) in [6, 6.07) is 12.1. The van der Waals surface area contributed by atoms with E-state index in [0.29, 0.717) is 6.54 Å². The fraction of sp³-hybridized carbons (Fsp3) is 0.0667. The zero-order valence-electron chi connectivity index (χ0n) is 10.4. The number of H-pyrrole nitrogens is 1. The summed E-state index contributed by atoms with van der Waals surface area (Å²) in [6.45, 7) is 0.536. The quantitative estimate of drug-likeness (QED) is 0.750. The van der Waals surface area contributed by atoms with Gasteiger partial charge in [0.15, 0.2) is 0 Å². The molecule has 0 saturated heterocycles. The summed E-state index contributed by atoms with van der Waals surface area (Å²) >= 11 is 0. The van der Waals surface area contributed by atoms with Crippen LogP contribution in [-0.4, -0.2) is 15.2 Å². The summed E-state index contributed by atoms with van der Waals surface area (Å²) < 4.78 is 0. The monoisotopic (exact) mass is 250 g/mol. The minimum absolute atomic E-state index is 0.536. The minimum Gasteiger partial charge on any atom is -0.326 e. The minimum atomic E-state index is 0.536. The summed E-state index contributed by atoms with van der Waals surface area (Å²) in [7, 11) is 0. The number of hydrogen-bond acceptors (Lipinski definition) is 3. The molecule has 2 aromatic heterocycles. The highest BCUT2D eigenvalue weighted by Crippen LogP contribution is 2.29. The molecule has 4 nitrogen and oxygen atoms in total. The van der Waals surface area contributed by atoms with Gasteiger partial charge in [0.2, 0.25) is 0 Å². The molecule has 0 bridgehead atoms. The van der Waals surface area contributed by atoms with Crippen molar-refractivity contribution in [2.75, 3.05) is 0 Å². The predicted molar refractivity (Wildman–Crippen MR) is 75.1 cm³/mol. The molecule has 2 heterocycles. The van der Waals surface area contributed by atoms with E-state index < -0.39 is 0 Å². The summed E-state index contributed by atoms with van der Waals surface area (Å²) in [4.78, 5) is 4.14. The van der Waals surface area contributed by atoms with E-state index in [1.165, 1.54) is 0 Å². The summed E-state index contributed by atoms with van der Waals surface area (Å²) in [5.74, 6) is 0. The standard InChI is InChI=1S/C15H14N4/c16-8-11-3-1-4-12(7-11)14-10-18-19-15(14)13-5-2-6-17-9-13/h1-7,9-10H,8,16H2,(H,18,19). The topological polar surface area (TPSA) is 67.6 Å². The van der Waals surface area contributed by atoms with Crippen LogP contribution >= 0.6 is 0 Å². The fourth-order valence-electron chi connectivity index (χ4n) is 2.10. The van der Waals surface area contributed by atoms with Gasteiger partial charge in [0.25, 0.3) is 0 Å². The van der Waals surface area contributed by atoms with Gasteiger partial charge in [0.1, 0.15) is 0 Å². The van der Waals surface area contributed by atoms with E-state index in [0.717, 1.165) is 27.9 Å². The zero-order valence-corrected chi connectivity index (χ0v) is 10.4. The number of hydrogen-bond donors (Lipinski definition) is 2. The maximum atomic E-state index is 5.69. The van der Waals surface area contributed by atoms with Gasteiger partial charge in [-0.15, -0.1) is 0 Å². The van der Waals surface area contributed by atoms with Crippen molar-refractivity contribution in [1.82, 2.24) is 15.2 Å². The first-order chi connectivity index (χ1) is 9.38. The lowest BCUT2D eigenvalue weighted by Gasteiger charge is -2.05. The molecule has 4 heteroatoms. The van der Waals surface area contributed by atoms with Crippen LogP contribution in [0.4, 0.5) is 0 Å². The predicted octanol–water partition coefficient (Wildman–Crippen LogP) is 2.60. The Morgan fingerprint density at radius 3 is 2.74 bits per heavy atom. The first kappa shape index (κ1) is 11.6. The van der Waals surface area contributed by atoms with Crippen LogP contribution in [0.5, 0.6) is 0 Å². The third-order valence-corrected chi connectivity index (χ3v) is 3.06. The lowest BCUT2D eigenvalue weighted by Crippen LogP contribution is -1.95. The Labute approximate surface area is 111 Å². The molecule has 0 radical (unpaired) electrons. The molecule has 0 fully saturated rings. The smallest absolute Gasteiger partial charge is 0.0744 e. The van der Waals surface area contributed by atoms with Crippen molar-refractivity contribution in [1.29, 1.82) is 0 Å². The third kappa shape index (κ3) is 2.26. The van der Waals surface area contributed by atoms with Crippen LogP contribution in [0, 0.1) is 0 Å². The third-order valence-electron chi connectivity index (χ3n) is 3.06. The van der Waals surface area contributed by atoms with Gasteiger partial charge in [-0.3, -0.25) is 10.1 Å². The fourth-order valence-corrected chi connectivity index (χ4v) is 2.10. The Hall–Kier alpha value is -2.46. The Morgan fingerprint density at radius 1 is 1.05 bits per heavy atom. The van der Waals surface area contributed by atoms with Crippen LogP contribution in [0.25, 0.3) is 22.4 Å². The first-order valence-electron chi connectivity index (χ1n) is 6.11. The lowest BCUT2D eigenvalue weighted by atomic mass is 10.0. The van der Waals surface area contributed by atoms with E-state index in [-0.39, 0.29) is 0 Å². The summed E-state index contributed by atoms with van der Waals surface area (Å²) in [6.07, 6.45) is 5.41.